The zero-order chi connectivity index (χ0) is 15.0. The third kappa shape index (κ3) is 5.90. The van der Waals surface area contributed by atoms with Gasteiger partial charge in [0, 0.05) is 13.0 Å². The fraction of sp³-hybridized carbons (Fsp3) is 0.867. The molecule has 0 radical (unpaired) electrons. The molecule has 1 rings (SSSR count). The molecule has 3 atom stereocenters. The number of aliphatic carboxylic acids is 1. The van der Waals surface area contributed by atoms with E-state index in [1.165, 1.54) is 12.8 Å². The molecule has 3 unspecified atom stereocenters. The van der Waals surface area contributed by atoms with Gasteiger partial charge in [0.25, 0.3) is 0 Å². The Kier molecular flexibility index (Phi) is 7.59. The summed E-state index contributed by atoms with van der Waals surface area (Å²) in [6, 6.07) is 0. The molecule has 1 heterocycles. The van der Waals surface area contributed by atoms with Crippen molar-refractivity contribution in [1.82, 2.24) is 10.6 Å². The summed E-state index contributed by atoms with van der Waals surface area (Å²) in [6.07, 6.45) is 4.27. The molecular weight excluding hydrogens is 256 g/mol. The number of piperidine rings is 1. The highest BCUT2D eigenvalue weighted by Crippen LogP contribution is 2.22. The monoisotopic (exact) mass is 284 g/mol. The SMILES string of the molecule is CCCC(CNC(=O)CC(C)C1CCCNC1)C(=O)O. The summed E-state index contributed by atoms with van der Waals surface area (Å²) in [5.74, 6) is -0.407. The number of amides is 1. The maximum Gasteiger partial charge on any atom is 0.308 e. The molecule has 0 aromatic heterocycles. The van der Waals surface area contributed by atoms with Crippen molar-refractivity contribution >= 4 is 11.9 Å². The zero-order valence-corrected chi connectivity index (χ0v) is 12.7. The predicted molar refractivity (Wildman–Crippen MR) is 78.4 cm³/mol. The van der Waals surface area contributed by atoms with Gasteiger partial charge in [0.15, 0.2) is 0 Å². The standard InChI is InChI=1S/C15H28N2O3/c1-3-5-13(15(19)20)10-17-14(18)8-11(2)12-6-4-7-16-9-12/h11-13,16H,3-10H2,1-2H3,(H,17,18)(H,19,20). The Balaban J connectivity index is 2.29. The van der Waals surface area contributed by atoms with Crippen molar-refractivity contribution < 1.29 is 14.7 Å². The van der Waals surface area contributed by atoms with E-state index in [-0.39, 0.29) is 12.5 Å². The summed E-state index contributed by atoms with van der Waals surface area (Å²) in [5, 5.41) is 15.2. The van der Waals surface area contributed by atoms with Crippen LogP contribution in [0.1, 0.15) is 46.0 Å². The second-order valence-electron chi connectivity index (χ2n) is 5.92. The molecule has 0 aliphatic carbocycles. The van der Waals surface area contributed by atoms with Gasteiger partial charge >= 0.3 is 5.97 Å². The molecule has 3 N–H and O–H groups in total. The molecule has 1 amide bonds. The summed E-state index contributed by atoms with van der Waals surface area (Å²) in [5.41, 5.74) is 0. The van der Waals surface area contributed by atoms with Gasteiger partial charge in [-0.1, -0.05) is 20.3 Å². The van der Waals surface area contributed by atoms with Gasteiger partial charge in [0.05, 0.1) is 5.92 Å². The maximum atomic E-state index is 11.9. The summed E-state index contributed by atoms with van der Waals surface area (Å²) in [6.45, 7) is 6.38. The first-order chi connectivity index (χ1) is 9.54. The Hall–Kier alpha value is -1.10. The molecule has 0 aromatic carbocycles. The van der Waals surface area contributed by atoms with Crippen LogP contribution in [0.3, 0.4) is 0 Å². The van der Waals surface area contributed by atoms with Crippen LogP contribution in [0.25, 0.3) is 0 Å². The highest BCUT2D eigenvalue weighted by atomic mass is 16.4. The second-order valence-corrected chi connectivity index (χ2v) is 5.92. The average molecular weight is 284 g/mol. The summed E-state index contributed by atoms with van der Waals surface area (Å²) in [7, 11) is 0. The molecule has 0 saturated carbocycles. The molecule has 1 saturated heterocycles. The van der Waals surface area contributed by atoms with Crippen LogP contribution in [0.4, 0.5) is 0 Å². The number of hydrogen-bond acceptors (Lipinski definition) is 3. The molecule has 116 valence electrons. The minimum atomic E-state index is -0.823. The zero-order valence-electron chi connectivity index (χ0n) is 12.7. The lowest BCUT2D eigenvalue weighted by Crippen LogP contribution is -2.37. The first-order valence-corrected chi connectivity index (χ1v) is 7.74. The molecule has 5 nitrogen and oxygen atoms in total. The number of carboxylic acids is 1. The van der Waals surface area contributed by atoms with Crippen molar-refractivity contribution in [2.24, 2.45) is 17.8 Å². The first kappa shape index (κ1) is 17.0. The van der Waals surface area contributed by atoms with Gasteiger partial charge in [0.2, 0.25) is 5.91 Å². The van der Waals surface area contributed by atoms with Crippen LogP contribution >= 0.6 is 0 Å². The van der Waals surface area contributed by atoms with Gasteiger partial charge in [-0.05, 0) is 44.2 Å². The van der Waals surface area contributed by atoms with Gasteiger partial charge < -0.3 is 15.7 Å². The highest BCUT2D eigenvalue weighted by Gasteiger charge is 2.23. The molecular formula is C15H28N2O3. The topological polar surface area (TPSA) is 78.4 Å². The normalized spacial score (nSPS) is 22.0. The van der Waals surface area contributed by atoms with Gasteiger partial charge in [-0.2, -0.15) is 0 Å². The van der Waals surface area contributed by atoms with Crippen LogP contribution in [0.2, 0.25) is 0 Å². The molecule has 20 heavy (non-hydrogen) atoms. The summed E-state index contributed by atoms with van der Waals surface area (Å²) >= 11 is 0. The average Bonchev–Trinajstić information content (AvgIpc) is 2.44. The quantitative estimate of drug-likeness (QED) is 0.633. The lowest BCUT2D eigenvalue weighted by molar-refractivity contribution is -0.142. The number of carbonyl (C=O) groups is 2. The van der Waals surface area contributed by atoms with Gasteiger partial charge in [-0.25, -0.2) is 0 Å². The van der Waals surface area contributed by atoms with E-state index in [1.54, 1.807) is 0 Å². The Morgan fingerprint density at radius 3 is 2.75 bits per heavy atom. The van der Waals surface area contributed by atoms with Gasteiger partial charge in [-0.3, -0.25) is 9.59 Å². The molecule has 1 aliphatic rings. The van der Waals surface area contributed by atoms with Crippen LogP contribution in [0.15, 0.2) is 0 Å². The number of carbonyl (C=O) groups excluding carboxylic acids is 1. The molecule has 1 aliphatic heterocycles. The van der Waals surface area contributed by atoms with Crippen LogP contribution in [0.5, 0.6) is 0 Å². The molecule has 0 aromatic rings. The van der Waals surface area contributed by atoms with Crippen LogP contribution in [-0.2, 0) is 9.59 Å². The minimum absolute atomic E-state index is 0.0228. The Labute approximate surface area is 121 Å². The van der Waals surface area contributed by atoms with Crippen molar-refractivity contribution in [2.75, 3.05) is 19.6 Å². The number of hydrogen-bond donors (Lipinski definition) is 3. The Morgan fingerprint density at radius 2 is 2.20 bits per heavy atom. The van der Waals surface area contributed by atoms with E-state index in [2.05, 4.69) is 17.6 Å². The molecule has 5 heteroatoms. The Bertz CT molecular complexity index is 314. The summed E-state index contributed by atoms with van der Waals surface area (Å²) < 4.78 is 0. The summed E-state index contributed by atoms with van der Waals surface area (Å²) in [4.78, 5) is 22.9. The lowest BCUT2D eigenvalue weighted by Gasteiger charge is -2.28. The third-order valence-electron chi connectivity index (χ3n) is 4.18. The van der Waals surface area contributed by atoms with Crippen LogP contribution in [0, 0.1) is 17.8 Å². The van der Waals surface area contributed by atoms with E-state index in [1.807, 2.05) is 6.92 Å². The first-order valence-electron chi connectivity index (χ1n) is 7.74. The lowest BCUT2D eigenvalue weighted by atomic mass is 9.85. The fourth-order valence-electron chi connectivity index (χ4n) is 2.79. The minimum Gasteiger partial charge on any atom is -0.481 e. The van der Waals surface area contributed by atoms with E-state index in [0.717, 1.165) is 19.5 Å². The van der Waals surface area contributed by atoms with E-state index >= 15 is 0 Å². The van der Waals surface area contributed by atoms with E-state index in [4.69, 9.17) is 5.11 Å². The second kappa shape index (κ2) is 8.95. The third-order valence-corrected chi connectivity index (χ3v) is 4.18. The Morgan fingerprint density at radius 1 is 1.45 bits per heavy atom. The fourth-order valence-corrected chi connectivity index (χ4v) is 2.79. The molecule has 0 bridgehead atoms. The molecule has 1 fully saturated rings. The van der Waals surface area contributed by atoms with Crippen molar-refractivity contribution in [1.29, 1.82) is 0 Å². The van der Waals surface area contributed by atoms with Gasteiger partial charge in [-0.15, -0.1) is 0 Å². The molecule has 0 spiro atoms. The van der Waals surface area contributed by atoms with E-state index in [9.17, 15) is 9.59 Å². The number of nitrogens with one attached hydrogen (secondary N) is 2. The van der Waals surface area contributed by atoms with E-state index < -0.39 is 11.9 Å². The maximum absolute atomic E-state index is 11.9. The van der Waals surface area contributed by atoms with Crippen molar-refractivity contribution in [3.8, 4) is 0 Å². The number of carboxylic acid groups (broad SMARTS) is 1. The van der Waals surface area contributed by atoms with Gasteiger partial charge in [0.1, 0.15) is 0 Å². The largest absolute Gasteiger partial charge is 0.481 e. The van der Waals surface area contributed by atoms with Crippen molar-refractivity contribution in [3.05, 3.63) is 0 Å². The van der Waals surface area contributed by atoms with E-state index in [0.29, 0.717) is 24.7 Å². The smallest absolute Gasteiger partial charge is 0.308 e. The highest BCUT2D eigenvalue weighted by molar-refractivity contribution is 5.77. The number of rotatable bonds is 8. The predicted octanol–water partition coefficient (Wildman–Crippen LogP) is 1.63. The van der Waals surface area contributed by atoms with Crippen LogP contribution < -0.4 is 10.6 Å². The van der Waals surface area contributed by atoms with Crippen LogP contribution in [-0.4, -0.2) is 36.6 Å². The van der Waals surface area contributed by atoms with Crippen molar-refractivity contribution in [2.45, 2.75) is 46.0 Å². The van der Waals surface area contributed by atoms with Crippen molar-refractivity contribution in [3.63, 3.8) is 0 Å².